The van der Waals surface area contributed by atoms with Crippen LogP contribution in [0.4, 0.5) is 5.69 Å². The van der Waals surface area contributed by atoms with Crippen molar-refractivity contribution in [1.29, 1.82) is 0 Å². The lowest BCUT2D eigenvalue weighted by atomic mass is 10.1. The molecule has 2 heterocycles. The van der Waals surface area contributed by atoms with Crippen molar-refractivity contribution in [1.82, 2.24) is 10.2 Å². The summed E-state index contributed by atoms with van der Waals surface area (Å²) in [5.41, 5.74) is 0.925. The SMILES string of the molecule is CCOC(=O)c1ccc(N2CC(C(=O)NC(C)C(=O)N3CCCC3C(=O)O)CC2=O)cc1. The van der Waals surface area contributed by atoms with Crippen molar-refractivity contribution in [2.24, 2.45) is 5.92 Å². The van der Waals surface area contributed by atoms with E-state index < -0.39 is 41.8 Å². The maximum absolute atomic E-state index is 12.7. The minimum atomic E-state index is -1.06. The number of nitrogens with zero attached hydrogens (tertiary/aromatic N) is 2. The number of esters is 1. The summed E-state index contributed by atoms with van der Waals surface area (Å²) < 4.78 is 4.94. The number of carboxylic acids is 1. The van der Waals surface area contributed by atoms with Gasteiger partial charge in [-0.1, -0.05) is 0 Å². The Balaban J connectivity index is 1.59. The van der Waals surface area contributed by atoms with Gasteiger partial charge in [-0.25, -0.2) is 9.59 Å². The molecular formula is C22H27N3O7. The molecule has 2 aliphatic heterocycles. The molecule has 10 nitrogen and oxygen atoms in total. The van der Waals surface area contributed by atoms with Crippen LogP contribution in [0.25, 0.3) is 0 Å². The number of nitrogens with one attached hydrogen (secondary N) is 1. The highest BCUT2D eigenvalue weighted by molar-refractivity contribution is 6.01. The van der Waals surface area contributed by atoms with Crippen LogP contribution in [0, 0.1) is 5.92 Å². The van der Waals surface area contributed by atoms with Gasteiger partial charge in [-0.3, -0.25) is 14.4 Å². The number of ether oxygens (including phenoxy) is 1. The molecule has 2 fully saturated rings. The standard InChI is InChI=1S/C22H27N3O7/c1-3-32-22(31)14-6-8-16(9-7-14)25-12-15(11-18(25)26)19(27)23-13(2)20(28)24-10-4-5-17(24)21(29)30/h6-9,13,15,17H,3-5,10-12H2,1-2H3,(H,23,27)(H,29,30). The van der Waals surface area contributed by atoms with Gasteiger partial charge < -0.3 is 25.0 Å². The maximum atomic E-state index is 12.7. The summed E-state index contributed by atoms with van der Waals surface area (Å²) in [5, 5.41) is 11.9. The van der Waals surface area contributed by atoms with Crippen LogP contribution in [-0.2, 0) is 23.9 Å². The van der Waals surface area contributed by atoms with Crippen molar-refractivity contribution in [2.45, 2.75) is 45.2 Å². The highest BCUT2D eigenvalue weighted by Crippen LogP contribution is 2.26. The van der Waals surface area contributed by atoms with E-state index in [0.717, 1.165) is 0 Å². The van der Waals surface area contributed by atoms with Gasteiger partial charge in [-0.2, -0.15) is 0 Å². The summed E-state index contributed by atoms with van der Waals surface area (Å²) in [7, 11) is 0. The number of benzene rings is 1. The van der Waals surface area contributed by atoms with Gasteiger partial charge in [0.15, 0.2) is 0 Å². The first kappa shape index (κ1) is 23.2. The first-order valence-corrected chi connectivity index (χ1v) is 10.6. The highest BCUT2D eigenvalue weighted by Gasteiger charge is 2.39. The van der Waals surface area contributed by atoms with Crippen LogP contribution >= 0.6 is 0 Å². The summed E-state index contributed by atoms with van der Waals surface area (Å²) in [5.74, 6) is -3.27. The largest absolute Gasteiger partial charge is 0.480 e. The van der Waals surface area contributed by atoms with E-state index in [-0.39, 0.29) is 25.5 Å². The fourth-order valence-corrected chi connectivity index (χ4v) is 4.05. The molecule has 32 heavy (non-hydrogen) atoms. The summed E-state index contributed by atoms with van der Waals surface area (Å²) in [4.78, 5) is 63.6. The molecule has 0 bridgehead atoms. The number of carbonyl (C=O) groups is 5. The zero-order valence-corrected chi connectivity index (χ0v) is 18.1. The molecular weight excluding hydrogens is 418 g/mol. The van der Waals surface area contributed by atoms with Crippen molar-refractivity contribution >= 4 is 35.3 Å². The number of amides is 3. The van der Waals surface area contributed by atoms with E-state index in [2.05, 4.69) is 5.32 Å². The first-order chi connectivity index (χ1) is 15.2. The minimum absolute atomic E-state index is 0.00611. The van der Waals surface area contributed by atoms with E-state index in [0.29, 0.717) is 30.6 Å². The van der Waals surface area contributed by atoms with Gasteiger partial charge in [-0.05, 0) is 51.0 Å². The second kappa shape index (κ2) is 9.80. The van der Waals surface area contributed by atoms with Gasteiger partial charge in [0.2, 0.25) is 17.7 Å². The van der Waals surface area contributed by atoms with Crippen molar-refractivity contribution in [3.05, 3.63) is 29.8 Å². The fourth-order valence-electron chi connectivity index (χ4n) is 4.05. The van der Waals surface area contributed by atoms with Gasteiger partial charge in [0.25, 0.3) is 0 Å². The third kappa shape index (κ3) is 4.90. The Morgan fingerprint density at radius 1 is 1.22 bits per heavy atom. The maximum Gasteiger partial charge on any atom is 0.338 e. The molecule has 3 amide bonds. The quantitative estimate of drug-likeness (QED) is 0.593. The second-order valence-electron chi connectivity index (χ2n) is 7.93. The minimum Gasteiger partial charge on any atom is -0.480 e. The topological polar surface area (TPSA) is 133 Å². The monoisotopic (exact) mass is 445 g/mol. The molecule has 0 aliphatic carbocycles. The van der Waals surface area contributed by atoms with Crippen LogP contribution in [0.2, 0.25) is 0 Å². The van der Waals surface area contributed by atoms with E-state index in [1.54, 1.807) is 31.2 Å². The van der Waals surface area contributed by atoms with E-state index in [9.17, 15) is 29.1 Å². The average molecular weight is 445 g/mol. The number of carboxylic acid groups (broad SMARTS) is 1. The van der Waals surface area contributed by atoms with Crippen LogP contribution in [-0.4, -0.2) is 71.4 Å². The molecule has 1 aromatic rings. The predicted molar refractivity (Wildman–Crippen MR) is 113 cm³/mol. The lowest BCUT2D eigenvalue weighted by Gasteiger charge is -2.26. The Labute approximate surface area is 185 Å². The van der Waals surface area contributed by atoms with Crippen LogP contribution in [0.15, 0.2) is 24.3 Å². The molecule has 3 atom stereocenters. The Kier molecular flexibility index (Phi) is 7.12. The summed E-state index contributed by atoms with van der Waals surface area (Å²) >= 11 is 0. The molecule has 0 radical (unpaired) electrons. The van der Waals surface area contributed by atoms with E-state index in [1.165, 1.54) is 16.7 Å². The second-order valence-corrected chi connectivity index (χ2v) is 7.93. The number of anilines is 1. The number of rotatable bonds is 7. The number of carbonyl (C=O) groups excluding carboxylic acids is 4. The molecule has 0 aromatic heterocycles. The molecule has 0 saturated carbocycles. The summed E-state index contributed by atoms with van der Waals surface area (Å²) in [6.45, 7) is 3.97. The molecule has 1 aromatic carbocycles. The smallest absolute Gasteiger partial charge is 0.338 e. The van der Waals surface area contributed by atoms with Crippen LogP contribution in [0.3, 0.4) is 0 Å². The first-order valence-electron chi connectivity index (χ1n) is 10.6. The fraction of sp³-hybridized carbons (Fsp3) is 0.500. The predicted octanol–water partition coefficient (Wildman–Crippen LogP) is 0.797. The van der Waals surface area contributed by atoms with Crippen molar-refractivity contribution in [2.75, 3.05) is 24.6 Å². The molecule has 2 saturated heterocycles. The zero-order chi connectivity index (χ0) is 23.4. The van der Waals surface area contributed by atoms with E-state index in [4.69, 9.17) is 4.74 Å². The number of aliphatic carboxylic acids is 1. The molecule has 2 N–H and O–H groups in total. The normalized spacial score (nSPS) is 21.4. The van der Waals surface area contributed by atoms with Gasteiger partial charge in [0, 0.05) is 25.2 Å². The summed E-state index contributed by atoms with van der Waals surface area (Å²) in [6, 6.07) is 4.60. The van der Waals surface area contributed by atoms with Crippen molar-refractivity contribution < 1.29 is 33.8 Å². The number of likely N-dealkylation sites (tertiary alicyclic amines) is 1. The van der Waals surface area contributed by atoms with Gasteiger partial charge in [-0.15, -0.1) is 0 Å². The lowest BCUT2D eigenvalue weighted by Crippen LogP contribution is -2.51. The third-order valence-electron chi connectivity index (χ3n) is 5.74. The molecule has 172 valence electrons. The number of hydrogen-bond acceptors (Lipinski definition) is 6. The zero-order valence-electron chi connectivity index (χ0n) is 18.1. The van der Waals surface area contributed by atoms with E-state index >= 15 is 0 Å². The highest BCUT2D eigenvalue weighted by atomic mass is 16.5. The van der Waals surface area contributed by atoms with Crippen LogP contribution < -0.4 is 10.2 Å². The molecule has 0 spiro atoms. The number of hydrogen-bond donors (Lipinski definition) is 2. The average Bonchev–Trinajstić information content (AvgIpc) is 3.40. The lowest BCUT2D eigenvalue weighted by molar-refractivity contribution is -0.149. The Morgan fingerprint density at radius 2 is 1.91 bits per heavy atom. The van der Waals surface area contributed by atoms with Crippen LogP contribution in [0.1, 0.15) is 43.5 Å². The Bertz CT molecular complexity index is 915. The summed E-state index contributed by atoms with van der Waals surface area (Å²) in [6.07, 6.45) is 0.987. The molecule has 3 unspecified atom stereocenters. The third-order valence-corrected chi connectivity index (χ3v) is 5.74. The van der Waals surface area contributed by atoms with Gasteiger partial charge >= 0.3 is 11.9 Å². The molecule has 2 aliphatic rings. The van der Waals surface area contributed by atoms with E-state index in [1.807, 2.05) is 0 Å². The molecule has 3 rings (SSSR count). The van der Waals surface area contributed by atoms with Gasteiger partial charge in [0.05, 0.1) is 18.1 Å². The Morgan fingerprint density at radius 3 is 2.53 bits per heavy atom. The van der Waals surface area contributed by atoms with Crippen molar-refractivity contribution in [3.8, 4) is 0 Å². The molecule has 10 heteroatoms. The Hall–Kier alpha value is -3.43. The van der Waals surface area contributed by atoms with Crippen LogP contribution in [0.5, 0.6) is 0 Å². The van der Waals surface area contributed by atoms with Crippen molar-refractivity contribution in [3.63, 3.8) is 0 Å². The van der Waals surface area contributed by atoms with Gasteiger partial charge in [0.1, 0.15) is 12.1 Å².